The van der Waals surface area contributed by atoms with Crippen LogP contribution in [0.5, 0.6) is 0 Å². The normalized spacial score (nSPS) is 16.5. The molecule has 0 fully saturated rings. The first-order valence-electron chi connectivity index (χ1n) is 5.47. The molecule has 0 spiro atoms. The lowest BCUT2D eigenvalue weighted by Crippen LogP contribution is -2.11. The Morgan fingerprint density at radius 2 is 2.00 bits per heavy atom. The summed E-state index contributed by atoms with van der Waals surface area (Å²) >= 11 is 5.22. The summed E-state index contributed by atoms with van der Waals surface area (Å²) < 4.78 is 15.9. The number of carbonyl (C=O) groups excluding carboxylic acids is 1. The molecule has 0 saturated carbocycles. The highest BCUT2D eigenvalue weighted by Gasteiger charge is 2.15. The maximum Gasteiger partial charge on any atom is 0.305 e. The first-order valence-corrected chi connectivity index (χ1v) is 8.55. The summed E-state index contributed by atoms with van der Waals surface area (Å²) in [5.74, 6) is -0.226. The summed E-state index contributed by atoms with van der Waals surface area (Å²) in [5.41, 5.74) is 0. The molecule has 0 N–H and O–H groups in total. The van der Waals surface area contributed by atoms with E-state index in [4.69, 9.17) is 25.6 Å². The largest absolute Gasteiger partial charge is 0.463 e. The molecule has 0 aromatic heterocycles. The zero-order valence-corrected chi connectivity index (χ0v) is 12.1. The van der Waals surface area contributed by atoms with Crippen LogP contribution in [-0.4, -0.2) is 32.0 Å². The highest BCUT2D eigenvalue weighted by atomic mass is 32.5. The van der Waals surface area contributed by atoms with Gasteiger partial charge in [0.2, 0.25) is 0 Å². The molecule has 2 atom stereocenters. The van der Waals surface area contributed by atoms with Gasteiger partial charge in [-0.3, -0.25) is 4.79 Å². The minimum Gasteiger partial charge on any atom is -0.463 e. The molecule has 0 amide bonds. The second kappa shape index (κ2) is 8.18. The van der Waals surface area contributed by atoms with Crippen molar-refractivity contribution in [1.82, 2.24) is 0 Å². The van der Waals surface area contributed by atoms with Gasteiger partial charge in [0.1, 0.15) is 6.61 Å². The summed E-state index contributed by atoms with van der Waals surface area (Å²) in [6, 6.07) is 0. The van der Waals surface area contributed by atoms with Crippen molar-refractivity contribution in [2.24, 2.45) is 0 Å². The zero-order valence-electron chi connectivity index (χ0n) is 10.4. The van der Waals surface area contributed by atoms with Crippen LogP contribution < -0.4 is 0 Å². The highest BCUT2D eigenvalue weighted by molar-refractivity contribution is 8.09. The van der Waals surface area contributed by atoms with Gasteiger partial charge in [-0.1, -0.05) is 13.8 Å². The van der Waals surface area contributed by atoms with Gasteiger partial charge in [-0.25, -0.2) is 0 Å². The van der Waals surface area contributed by atoms with E-state index >= 15 is 0 Å². The molecule has 0 aliphatic rings. The van der Waals surface area contributed by atoms with Crippen molar-refractivity contribution >= 4 is 24.3 Å². The molecular formula is C10H21O4PS. The topological polar surface area (TPSA) is 44.8 Å². The van der Waals surface area contributed by atoms with Gasteiger partial charge in [0.15, 0.2) is 6.49 Å². The third-order valence-corrected chi connectivity index (χ3v) is 3.88. The monoisotopic (exact) mass is 268 g/mol. The van der Waals surface area contributed by atoms with Crippen molar-refractivity contribution in [2.45, 2.75) is 39.7 Å². The van der Waals surface area contributed by atoms with Crippen molar-refractivity contribution in [1.29, 1.82) is 0 Å². The van der Waals surface area contributed by atoms with E-state index in [1.165, 1.54) is 0 Å². The average Bonchev–Trinajstić information content (AvgIpc) is 2.23. The molecule has 0 rings (SSSR count). The Morgan fingerprint density at radius 1 is 1.38 bits per heavy atom. The van der Waals surface area contributed by atoms with Gasteiger partial charge in [-0.2, -0.15) is 0 Å². The standard InChI is InChI=1S/C10H21O4PS/c1-5-9(3)14-15(4,16)13-8-7-12-10(11)6-2/h9H,5-8H2,1-4H3. The van der Waals surface area contributed by atoms with Crippen molar-refractivity contribution in [3.05, 3.63) is 0 Å². The van der Waals surface area contributed by atoms with Crippen molar-refractivity contribution in [3.8, 4) is 0 Å². The molecule has 2 unspecified atom stereocenters. The predicted octanol–water partition coefficient (Wildman–Crippen LogP) is 2.71. The average molecular weight is 268 g/mol. The Balaban J connectivity index is 3.74. The Labute approximate surface area is 103 Å². The maximum absolute atomic E-state index is 10.8. The molecule has 0 aliphatic carbocycles. The third-order valence-electron chi connectivity index (χ3n) is 1.91. The van der Waals surface area contributed by atoms with E-state index in [-0.39, 0.29) is 18.7 Å². The Bertz CT molecular complexity index is 257. The number of ether oxygens (including phenoxy) is 1. The van der Waals surface area contributed by atoms with Crippen LogP contribution in [0.3, 0.4) is 0 Å². The molecule has 0 heterocycles. The molecule has 96 valence electrons. The molecule has 0 radical (unpaired) electrons. The summed E-state index contributed by atoms with van der Waals surface area (Å²) in [6.07, 6.45) is 1.39. The predicted molar refractivity (Wildman–Crippen MR) is 68.2 cm³/mol. The number of esters is 1. The van der Waals surface area contributed by atoms with Crippen LogP contribution in [0.25, 0.3) is 0 Å². The van der Waals surface area contributed by atoms with E-state index in [1.54, 1.807) is 13.6 Å². The quantitative estimate of drug-likeness (QED) is 0.385. The summed E-state index contributed by atoms with van der Waals surface area (Å²) in [4.78, 5) is 10.8. The van der Waals surface area contributed by atoms with Crippen molar-refractivity contribution < 1.29 is 18.6 Å². The first kappa shape index (κ1) is 16.0. The Kier molecular flexibility index (Phi) is 8.20. The fraction of sp³-hybridized carbons (Fsp3) is 0.900. The molecule has 0 saturated heterocycles. The van der Waals surface area contributed by atoms with Crippen LogP contribution >= 0.6 is 6.49 Å². The smallest absolute Gasteiger partial charge is 0.305 e. The van der Waals surface area contributed by atoms with Crippen LogP contribution in [-0.2, 0) is 30.4 Å². The van der Waals surface area contributed by atoms with Crippen molar-refractivity contribution in [2.75, 3.05) is 19.9 Å². The summed E-state index contributed by atoms with van der Waals surface area (Å²) in [7, 11) is 0. The lowest BCUT2D eigenvalue weighted by molar-refractivity contribution is -0.144. The molecular weight excluding hydrogens is 247 g/mol. The highest BCUT2D eigenvalue weighted by Crippen LogP contribution is 2.45. The second-order valence-electron chi connectivity index (χ2n) is 3.50. The number of hydrogen-bond donors (Lipinski definition) is 0. The molecule has 6 heteroatoms. The Hall–Kier alpha value is 0.0400. The van der Waals surface area contributed by atoms with E-state index < -0.39 is 6.49 Å². The fourth-order valence-corrected chi connectivity index (χ4v) is 2.83. The van der Waals surface area contributed by atoms with Gasteiger partial charge in [0.05, 0.1) is 12.7 Å². The first-order chi connectivity index (χ1) is 7.41. The number of hydrogen-bond acceptors (Lipinski definition) is 5. The SMILES string of the molecule is CCC(=O)OCCOP(C)(=S)OC(C)CC. The zero-order chi connectivity index (χ0) is 12.6. The maximum atomic E-state index is 10.8. The number of rotatable bonds is 8. The molecule has 0 aromatic rings. The molecule has 0 aromatic carbocycles. The van der Waals surface area contributed by atoms with Gasteiger partial charge in [-0.05, 0) is 25.2 Å². The van der Waals surface area contributed by atoms with Crippen LogP contribution in [0.15, 0.2) is 0 Å². The number of carbonyl (C=O) groups is 1. The van der Waals surface area contributed by atoms with Crippen molar-refractivity contribution in [3.63, 3.8) is 0 Å². The van der Waals surface area contributed by atoms with Gasteiger partial charge >= 0.3 is 5.97 Å². The van der Waals surface area contributed by atoms with Crippen LogP contribution in [0.1, 0.15) is 33.6 Å². The van der Waals surface area contributed by atoms with E-state index in [1.807, 2.05) is 13.8 Å². The lowest BCUT2D eigenvalue weighted by Gasteiger charge is -2.21. The van der Waals surface area contributed by atoms with Crippen LogP contribution in [0, 0.1) is 0 Å². The fourth-order valence-electron chi connectivity index (χ4n) is 0.892. The second-order valence-corrected chi connectivity index (χ2v) is 7.50. The minimum absolute atomic E-state index is 0.106. The minimum atomic E-state index is -2.19. The third kappa shape index (κ3) is 8.22. The van der Waals surface area contributed by atoms with E-state index in [0.29, 0.717) is 13.0 Å². The Morgan fingerprint density at radius 3 is 2.50 bits per heavy atom. The van der Waals surface area contributed by atoms with E-state index in [0.717, 1.165) is 6.42 Å². The van der Waals surface area contributed by atoms with E-state index in [9.17, 15) is 4.79 Å². The van der Waals surface area contributed by atoms with Gasteiger partial charge < -0.3 is 13.8 Å². The summed E-state index contributed by atoms with van der Waals surface area (Å²) in [6.45, 7) is 5.88. The molecule has 16 heavy (non-hydrogen) atoms. The molecule has 4 nitrogen and oxygen atoms in total. The lowest BCUT2D eigenvalue weighted by atomic mass is 10.3. The summed E-state index contributed by atoms with van der Waals surface area (Å²) in [5, 5.41) is 0. The van der Waals surface area contributed by atoms with Crippen LogP contribution in [0.2, 0.25) is 0 Å². The van der Waals surface area contributed by atoms with E-state index in [2.05, 4.69) is 0 Å². The van der Waals surface area contributed by atoms with Gasteiger partial charge in [-0.15, -0.1) is 0 Å². The van der Waals surface area contributed by atoms with Gasteiger partial charge in [0.25, 0.3) is 0 Å². The molecule has 0 aliphatic heterocycles. The van der Waals surface area contributed by atoms with Crippen LogP contribution in [0.4, 0.5) is 0 Å². The van der Waals surface area contributed by atoms with Gasteiger partial charge in [0, 0.05) is 13.1 Å². The molecule has 0 bridgehead atoms.